The zero-order valence-corrected chi connectivity index (χ0v) is 16.4. The molecule has 0 aliphatic heterocycles. The summed E-state index contributed by atoms with van der Waals surface area (Å²) in [6, 6.07) is 6.69. The highest BCUT2D eigenvalue weighted by molar-refractivity contribution is 7.92. The first-order valence-corrected chi connectivity index (χ1v) is 10.00. The van der Waals surface area contributed by atoms with Gasteiger partial charge in [0, 0.05) is 14.0 Å². The summed E-state index contributed by atoms with van der Waals surface area (Å²) in [6.45, 7) is 5.19. The standard InChI is InChI=1S/C20H20N4O2S.H2/c1-14(2)27(25,26)18-8-5-16(6-9-18)20-12-22-15(3)19(23-20)10-7-17-11-21-13-24(17)4;/h5-6,8-9,11-14H,1-4H3;1H. The van der Waals surface area contributed by atoms with Crippen molar-refractivity contribution in [1.82, 2.24) is 19.5 Å². The van der Waals surface area contributed by atoms with Crippen molar-refractivity contribution in [3.63, 3.8) is 0 Å². The van der Waals surface area contributed by atoms with E-state index in [1.165, 1.54) is 0 Å². The number of rotatable bonds is 3. The second-order valence-corrected chi connectivity index (χ2v) is 8.95. The lowest BCUT2D eigenvalue weighted by atomic mass is 10.1. The van der Waals surface area contributed by atoms with Gasteiger partial charge in [0.1, 0.15) is 11.4 Å². The average molecular weight is 382 g/mol. The summed E-state index contributed by atoms with van der Waals surface area (Å²) in [5.41, 5.74) is 3.52. The number of aryl methyl sites for hydroxylation is 2. The quantitative estimate of drug-likeness (QED) is 0.651. The zero-order chi connectivity index (χ0) is 19.6. The summed E-state index contributed by atoms with van der Waals surface area (Å²) in [6.07, 6.45) is 5.04. The Morgan fingerprint density at radius 1 is 1.11 bits per heavy atom. The van der Waals surface area contributed by atoms with Crippen LogP contribution in [0.25, 0.3) is 11.3 Å². The van der Waals surface area contributed by atoms with Crippen LogP contribution in [0.15, 0.2) is 47.9 Å². The molecule has 0 saturated heterocycles. The Balaban J connectivity index is 0.00000280. The Kier molecular flexibility index (Phi) is 5.10. The van der Waals surface area contributed by atoms with Crippen LogP contribution in [0.3, 0.4) is 0 Å². The van der Waals surface area contributed by atoms with Gasteiger partial charge in [-0.1, -0.05) is 12.1 Å². The van der Waals surface area contributed by atoms with Gasteiger partial charge in [0.15, 0.2) is 9.84 Å². The van der Waals surface area contributed by atoms with Crippen molar-refractivity contribution in [1.29, 1.82) is 0 Å². The normalized spacial score (nSPS) is 11.3. The fraction of sp³-hybridized carbons (Fsp3) is 0.250. The molecule has 0 fully saturated rings. The highest BCUT2D eigenvalue weighted by atomic mass is 32.2. The minimum atomic E-state index is -3.30. The van der Waals surface area contributed by atoms with E-state index in [1.807, 2.05) is 18.5 Å². The third kappa shape index (κ3) is 3.91. The van der Waals surface area contributed by atoms with E-state index in [4.69, 9.17) is 0 Å². The maximum Gasteiger partial charge on any atom is 0.180 e. The number of hydrogen-bond acceptors (Lipinski definition) is 5. The van der Waals surface area contributed by atoms with Crippen molar-refractivity contribution in [2.45, 2.75) is 30.9 Å². The maximum absolute atomic E-state index is 12.3. The molecule has 3 rings (SSSR count). The van der Waals surface area contributed by atoms with Gasteiger partial charge in [0.05, 0.1) is 40.3 Å². The van der Waals surface area contributed by atoms with E-state index in [-0.39, 0.29) is 1.43 Å². The van der Waals surface area contributed by atoms with Gasteiger partial charge in [-0.15, -0.1) is 0 Å². The summed E-state index contributed by atoms with van der Waals surface area (Å²) >= 11 is 0. The molecule has 0 amide bonds. The smallest absolute Gasteiger partial charge is 0.180 e. The number of sulfone groups is 1. The molecule has 0 saturated carbocycles. The van der Waals surface area contributed by atoms with Crippen molar-refractivity contribution >= 4 is 9.84 Å². The summed E-state index contributed by atoms with van der Waals surface area (Å²) in [7, 11) is -1.42. The lowest BCUT2D eigenvalue weighted by Gasteiger charge is -2.09. The number of hydrogen-bond donors (Lipinski definition) is 0. The largest absolute Gasteiger partial charge is 0.327 e. The molecule has 140 valence electrons. The third-order valence-electron chi connectivity index (χ3n) is 4.18. The van der Waals surface area contributed by atoms with E-state index < -0.39 is 15.1 Å². The monoisotopic (exact) mass is 382 g/mol. The summed E-state index contributed by atoms with van der Waals surface area (Å²) in [5.74, 6) is 6.08. The molecular formula is C20H22N4O2S. The predicted octanol–water partition coefficient (Wildman–Crippen LogP) is 3.01. The first-order valence-electron chi connectivity index (χ1n) is 8.45. The third-order valence-corrected chi connectivity index (χ3v) is 6.35. The van der Waals surface area contributed by atoms with Crippen molar-refractivity contribution in [2.75, 3.05) is 0 Å². The maximum atomic E-state index is 12.3. The van der Waals surface area contributed by atoms with Crippen molar-refractivity contribution in [3.05, 3.63) is 60.1 Å². The van der Waals surface area contributed by atoms with E-state index in [0.717, 1.165) is 17.0 Å². The number of nitrogens with zero attached hydrogens (tertiary/aromatic N) is 4. The van der Waals surface area contributed by atoms with Gasteiger partial charge in [-0.3, -0.25) is 4.98 Å². The molecule has 27 heavy (non-hydrogen) atoms. The topological polar surface area (TPSA) is 77.7 Å². The summed E-state index contributed by atoms with van der Waals surface area (Å²) in [5, 5.41) is -0.462. The molecule has 0 radical (unpaired) electrons. The molecule has 0 aliphatic rings. The summed E-state index contributed by atoms with van der Waals surface area (Å²) < 4.78 is 26.3. The number of aromatic nitrogens is 4. The number of imidazole rings is 1. The van der Waals surface area contributed by atoms with Crippen LogP contribution in [0, 0.1) is 18.8 Å². The highest BCUT2D eigenvalue weighted by Gasteiger charge is 2.19. The Hall–Kier alpha value is -2.98. The fourth-order valence-electron chi connectivity index (χ4n) is 2.40. The van der Waals surface area contributed by atoms with Crippen LogP contribution in [-0.2, 0) is 16.9 Å². The van der Waals surface area contributed by atoms with Crippen LogP contribution in [-0.4, -0.2) is 33.2 Å². The minimum absolute atomic E-state index is 0. The van der Waals surface area contributed by atoms with Crippen molar-refractivity contribution in [2.24, 2.45) is 7.05 Å². The molecule has 0 unspecified atom stereocenters. The molecule has 3 aromatic rings. The Morgan fingerprint density at radius 3 is 2.41 bits per heavy atom. The molecule has 6 nitrogen and oxygen atoms in total. The first-order chi connectivity index (χ1) is 12.8. The zero-order valence-electron chi connectivity index (χ0n) is 15.6. The predicted molar refractivity (Wildman–Crippen MR) is 106 cm³/mol. The minimum Gasteiger partial charge on any atom is -0.327 e. The molecular weight excluding hydrogens is 360 g/mol. The van der Waals surface area contributed by atoms with Crippen LogP contribution in [0.5, 0.6) is 0 Å². The van der Waals surface area contributed by atoms with Crippen LogP contribution >= 0.6 is 0 Å². The Morgan fingerprint density at radius 2 is 1.81 bits per heavy atom. The molecule has 0 bridgehead atoms. The van der Waals surface area contributed by atoms with E-state index in [0.29, 0.717) is 16.3 Å². The van der Waals surface area contributed by atoms with Gasteiger partial charge < -0.3 is 4.57 Å². The Labute approximate surface area is 160 Å². The van der Waals surface area contributed by atoms with E-state index in [2.05, 4.69) is 26.8 Å². The van der Waals surface area contributed by atoms with Crippen molar-refractivity contribution < 1.29 is 9.84 Å². The molecule has 2 heterocycles. The lowest BCUT2D eigenvalue weighted by Crippen LogP contribution is -2.13. The second-order valence-electron chi connectivity index (χ2n) is 6.45. The van der Waals surface area contributed by atoms with Crippen LogP contribution < -0.4 is 0 Å². The van der Waals surface area contributed by atoms with Gasteiger partial charge in [0.25, 0.3) is 0 Å². The van der Waals surface area contributed by atoms with Gasteiger partial charge in [-0.2, -0.15) is 0 Å². The highest BCUT2D eigenvalue weighted by Crippen LogP contribution is 2.22. The van der Waals surface area contributed by atoms with Gasteiger partial charge in [-0.05, 0) is 44.7 Å². The van der Waals surface area contributed by atoms with Crippen molar-refractivity contribution in [3.8, 4) is 23.1 Å². The fourth-order valence-corrected chi connectivity index (χ4v) is 3.46. The van der Waals surface area contributed by atoms with E-state index in [1.54, 1.807) is 56.8 Å². The lowest BCUT2D eigenvalue weighted by molar-refractivity contribution is 0.587. The van der Waals surface area contributed by atoms with Gasteiger partial charge in [0.2, 0.25) is 0 Å². The molecule has 0 atom stereocenters. The molecule has 0 aliphatic carbocycles. The van der Waals surface area contributed by atoms with E-state index in [9.17, 15) is 8.42 Å². The molecule has 0 N–H and O–H groups in total. The van der Waals surface area contributed by atoms with Crippen LogP contribution in [0.1, 0.15) is 32.4 Å². The summed E-state index contributed by atoms with van der Waals surface area (Å²) in [4.78, 5) is 13.3. The molecule has 7 heteroatoms. The van der Waals surface area contributed by atoms with Gasteiger partial charge in [-0.25, -0.2) is 18.4 Å². The van der Waals surface area contributed by atoms with Gasteiger partial charge >= 0.3 is 0 Å². The average Bonchev–Trinajstić information content (AvgIpc) is 3.06. The Bertz CT molecular complexity index is 1140. The molecule has 0 spiro atoms. The van der Waals surface area contributed by atoms with Crippen LogP contribution in [0.4, 0.5) is 0 Å². The second kappa shape index (κ2) is 7.33. The first kappa shape index (κ1) is 18.8. The molecule has 2 aromatic heterocycles. The number of benzene rings is 1. The van der Waals surface area contributed by atoms with E-state index >= 15 is 0 Å². The molecule has 1 aromatic carbocycles. The van der Waals surface area contributed by atoms with Crippen LogP contribution in [0.2, 0.25) is 0 Å². The SMILES string of the molecule is Cc1ncc(-c2ccc(S(=O)(=O)C(C)C)cc2)nc1C#Cc1cncn1C.[HH].